The summed E-state index contributed by atoms with van der Waals surface area (Å²) in [5, 5.41) is 1.16. The van der Waals surface area contributed by atoms with E-state index in [9.17, 15) is 0 Å². The zero-order valence-corrected chi connectivity index (χ0v) is 15.6. The van der Waals surface area contributed by atoms with Crippen molar-refractivity contribution in [2.45, 2.75) is 72.1 Å². The first-order valence-electron chi connectivity index (χ1n) is 8.71. The molecule has 0 N–H and O–H groups in total. The van der Waals surface area contributed by atoms with Gasteiger partial charge in [0.25, 0.3) is 0 Å². The predicted octanol–water partition coefficient (Wildman–Crippen LogP) is 6.61. The summed E-state index contributed by atoms with van der Waals surface area (Å²) >= 11 is 3.85. The SMILES string of the molecule is CCCCC1CCC(CBr)(Cc2c(C)cccc2C)CC1. The van der Waals surface area contributed by atoms with Crippen molar-refractivity contribution < 1.29 is 0 Å². The van der Waals surface area contributed by atoms with E-state index in [0.717, 1.165) is 11.2 Å². The third-order valence-electron chi connectivity index (χ3n) is 5.61. The molecule has 0 atom stereocenters. The van der Waals surface area contributed by atoms with E-state index in [2.05, 4.69) is 54.9 Å². The van der Waals surface area contributed by atoms with Crippen LogP contribution in [-0.4, -0.2) is 5.33 Å². The lowest BCUT2D eigenvalue weighted by atomic mass is 9.67. The van der Waals surface area contributed by atoms with Crippen LogP contribution in [0.15, 0.2) is 18.2 Å². The van der Waals surface area contributed by atoms with Crippen molar-refractivity contribution >= 4 is 15.9 Å². The normalized spacial score (nSPS) is 26.0. The first kappa shape index (κ1) is 17.1. The van der Waals surface area contributed by atoms with E-state index in [1.807, 2.05) is 0 Å². The van der Waals surface area contributed by atoms with Crippen LogP contribution in [-0.2, 0) is 6.42 Å². The van der Waals surface area contributed by atoms with Crippen LogP contribution in [0.1, 0.15) is 68.6 Å². The highest BCUT2D eigenvalue weighted by atomic mass is 79.9. The minimum Gasteiger partial charge on any atom is -0.0922 e. The zero-order chi connectivity index (χ0) is 15.3. The van der Waals surface area contributed by atoms with Gasteiger partial charge in [0.15, 0.2) is 0 Å². The largest absolute Gasteiger partial charge is 0.0922 e. The van der Waals surface area contributed by atoms with Gasteiger partial charge in [0.05, 0.1) is 0 Å². The lowest BCUT2D eigenvalue weighted by molar-refractivity contribution is 0.168. The Bertz CT molecular complexity index is 421. The highest BCUT2D eigenvalue weighted by molar-refractivity contribution is 9.09. The Labute approximate surface area is 139 Å². The zero-order valence-electron chi connectivity index (χ0n) is 14.1. The molecule has 0 aliphatic heterocycles. The van der Waals surface area contributed by atoms with Crippen molar-refractivity contribution in [1.29, 1.82) is 0 Å². The highest BCUT2D eigenvalue weighted by Gasteiger charge is 2.34. The van der Waals surface area contributed by atoms with Gasteiger partial charge in [0.2, 0.25) is 0 Å². The first-order valence-corrected chi connectivity index (χ1v) is 9.83. The predicted molar refractivity (Wildman–Crippen MR) is 97.3 cm³/mol. The monoisotopic (exact) mass is 350 g/mol. The van der Waals surface area contributed by atoms with E-state index in [4.69, 9.17) is 0 Å². The third-order valence-corrected chi connectivity index (χ3v) is 6.80. The second kappa shape index (κ2) is 7.81. The molecule has 1 heteroatoms. The molecule has 1 aromatic rings. The maximum atomic E-state index is 3.85. The van der Waals surface area contributed by atoms with Gasteiger partial charge in [0.1, 0.15) is 0 Å². The maximum Gasteiger partial charge on any atom is 0.00911 e. The average Bonchev–Trinajstić information content (AvgIpc) is 2.50. The fraction of sp³-hybridized carbons (Fsp3) is 0.700. The molecule has 1 fully saturated rings. The number of halogens is 1. The number of hydrogen-bond acceptors (Lipinski definition) is 0. The van der Waals surface area contributed by atoms with Gasteiger partial charge >= 0.3 is 0 Å². The molecule has 1 aromatic carbocycles. The van der Waals surface area contributed by atoms with Gasteiger partial charge in [-0.15, -0.1) is 0 Å². The molecule has 0 amide bonds. The van der Waals surface area contributed by atoms with Crippen molar-refractivity contribution in [2.75, 3.05) is 5.33 Å². The van der Waals surface area contributed by atoms with Crippen molar-refractivity contribution in [3.05, 3.63) is 34.9 Å². The van der Waals surface area contributed by atoms with Crippen LogP contribution in [0.5, 0.6) is 0 Å². The van der Waals surface area contributed by atoms with Gasteiger partial charge in [-0.3, -0.25) is 0 Å². The Kier molecular flexibility index (Phi) is 6.34. The molecule has 21 heavy (non-hydrogen) atoms. The summed E-state index contributed by atoms with van der Waals surface area (Å²) in [6.07, 6.45) is 11.2. The topological polar surface area (TPSA) is 0 Å². The summed E-state index contributed by atoms with van der Waals surface area (Å²) in [7, 11) is 0. The lowest BCUT2D eigenvalue weighted by Crippen LogP contribution is -2.32. The first-order chi connectivity index (χ1) is 10.1. The third kappa shape index (κ3) is 4.34. The summed E-state index contributed by atoms with van der Waals surface area (Å²) in [5.74, 6) is 0.995. The smallest absolute Gasteiger partial charge is 0.00911 e. The minimum absolute atomic E-state index is 0.500. The number of aryl methyl sites for hydroxylation is 2. The van der Waals surface area contributed by atoms with E-state index in [1.54, 1.807) is 5.56 Å². The van der Waals surface area contributed by atoms with Gasteiger partial charge < -0.3 is 0 Å². The Morgan fingerprint density at radius 1 is 1.14 bits per heavy atom. The molecule has 1 aliphatic rings. The molecule has 0 spiro atoms. The molecule has 0 saturated heterocycles. The summed E-state index contributed by atoms with van der Waals surface area (Å²) in [6, 6.07) is 6.74. The highest BCUT2D eigenvalue weighted by Crippen LogP contribution is 2.44. The molecule has 0 nitrogen and oxygen atoms in total. The van der Waals surface area contributed by atoms with Crippen molar-refractivity contribution in [3.63, 3.8) is 0 Å². The number of hydrogen-bond donors (Lipinski definition) is 0. The summed E-state index contributed by atoms with van der Waals surface area (Å²) < 4.78 is 0. The average molecular weight is 351 g/mol. The van der Waals surface area contributed by atoms with E-state index in [-0.39, 0.29) is 0 Å². The van der Waals surface area contributed by atoms with Gasteiger partial charge in [-0.05, 0) is 74.0 Å². The molecule has 0 radical (unpaired) electrons. The fourth-order valence-electron chi connectivity index (χ4n) is 3.93. The minimum atomic E-state index is 0.500. The number of benzene rings is 1. The molecule has 0 heterocycles. The summed E-state index contributed by atoms with van der Waals surface area (Å²) in [4.78, 5) is 0. The quantitative estimate of drug-likeness (QED) is 0.506. The second-order valence-corrected chi connectivity index (χ2v) is 7.83. The lowest BCUT2D eigenvalue weighted by Gasteiger charge is -2.40. The van der Waals surface area contributed by atoms with E-state index in [1.165, 1.54) is 62.5 Å². The molecule has 2 rings (SSSR count). The second-order valence-electron chi connectivity index (χ2n) is 7.27. The van der Waals surface area contributed by atoms with Crippen LogP contribution in [0.3, 0.4) is 0 Å². The Morgan fingerprint density at radius 3 is 2.29 bits per heavy atom. The van der Waals surface area contributed by atoms with Gasteiger partial charge in [-0.25, -0.2) is 0 Å². The van der Waals surface area contributed by atoms with Crippen molar-refractivity contribution in [2.24, 2.45) is 11.3 Å². The standard InChI is InChI=1S/C20H31Br/c1-4-5-9-18-10-12-20(15-21,13-11-18)14-19-16(2)7-6-8-17(19)3/h6-8,18H,4-5,9-15H2,1-3H3. The molecular weight excluding hydrogens is 320 g/mol. The summed E-state index contributed by atoms with van der Waals surface area (Å²) in [6.45, 7) is 6.86. The van der Waals surface area contributed by atoms with Crippen LogP contribution in [0.2, 0.25) is 0 Å². The van der Waals surface area contributed by atoms with Gasteiger partial charge in [0, 0.05) is 5.33 Å². The van der Waals surface area contributed by atoms with Crippen LogP contribution in [0.4, 0.5) is 0 Å². The van der Waals surface area contributed by atoms with Crippen molar-refractivity contribution in [3.8, 4) is 0 Å². The van der Waals surface area contributed by atoms with E-state index in [0.29, 0.717) is 5.41 Å². The van der Waals surface area contributed by atoms with Gasteiger partial charge in [-0.1, -0.05) is 60.3 Å². The molecule has 1 aliphatic carbocycles. The molecular formula is C20H31Br. The van der Waals surface area contributed by atoms with Crippen LogP contribution < -0.4 is 0 Å². The Hall–Kier alpha value is -0.300. The van der Waals surface area contributed by atoms with Crippen LogP contribution >= 0.6 is 15.9 Å². The fourth-order valence-corrected chi connectivity index (χ4v) is 4.69. The number of unbranched alkanes of at least 4 members (excludes halogenated alkanes) is 1. The molecule has 0 bridgehead atoms. The van der Waals surface area contributed by atoms with Gasteiger partial charge in [-0.2, -0.15) is 0 Å². The maximum absolute atomic E-state index is 3.85. The molecule has 0 unspecified atom stereocenters. The molecule has 118 valence electrons. The van der Waals surface area contributed by atoms with Crippen LogP contribution in [0.25, 0.3) is 0 Å². The van der Waals surface area contributed by atoms with Crippen LogP contribution in [0, 0.1) is 25.2 Å². The summed E-state index contributed by atoms with van der Waals surface area (Å²) in [5.41, 5.74) is 5.05. The van der Waals surface area contributed by atoms with Crippen molar-refractivity contribution in [1.82, 2.24) is 0 Å². The van der Waals surface area contributed by atoms with E-state index < -0.39 is 0 Å². The Balaban J connectivity index is 2.03. The Morgan fingerprint density at radius 2 is 1.76 bits per heavy atom. The number of rotatable bonds is 6. The molecule has 0 aromatic heterocycles. The number of alkyl halides is 1. The molecule has 1 saturated carbocycles. The van der Waals surface area contributed by atoms with E-state index >= 15 is 0 Å².